The van der Waals surface area contributed by atoms with Gasteiger partial charge >= 0.3 is 0 Å². The minimum atomic E-state index is 0.0859. The van der Waals surface area contributed by atoms with E-state index in [1.807, 2.05) is 0 Å². The van der Waals surface area contributed by atoms with Gasteiger partial charge in [0.05, 0.1) is 13.2 Å². The third-order valence-electron chi connectivity index (χ3n) is 4.18. The van der Waals surface area contributed by atoms with Gasteiger partial charge in [-0.1, -0.05) is 19.1 Å². The van der Waals surface area contributed by atoms with E-state index < -0.39 is 0 Å². The summed E-state index contributed by atoms with van der Waals surface area (Å²) in [6.07, 6.45) is 7.58. The van der Waals surface area contributed by atoms with E-state index >= 15 is 0 Å². The monoisotopic (exact) mass is 194 g/mol. The predicted molar refractivity (Wildman–Crippen MR) is 53.7 cm³/mol. The number of fused-ring (bicyclic) bond motifs is 2. The van der Waals surface area contributed by atoms with Gasteiger partial charge in [-0.05, 0) is 30.6 Å². The van der Waals surface area contributed by atoms with E-state index in [2.05, 4.69) is 19.1 Å². The number of hydrogen-bond acceptors (Lipinski definition) is 2. The van der Waals surface area contributed by atoms with Gasteiger partial charge in [0.25, 0.3) is 0 Å². The molecule has 0 N–H and O–H groups in total. The third kappa shape index (κ3) is 1.24. The predicted octanol–water partition coefficient (Wildman–Crippen LogP) is 2.21. The van der Waals surface area contributed by atoms with Crippen LogP contribution in [0.3, 0.4) is 0 Å². The molecule has 4 aliphatic rings. The molecule has 1 heterocycles. The minimum Gasteiger partial charge on any atom is -0.350 e. The van der Waals surface area contributed by atoms with Crippen molar-refractivity contribution in [2.24, 2.45) is 23.7 Å². The Morgan fingerprint density at radius 1 is 1.00 bits per heavy atom. The molecule has 14 heavy (non-hydrogen) atoms. The summed E-state index contributed by atoms with van der Waals surface area (Å²) in [5, 5.41) is 0. The van der Waals surface area contributed by atoms with E-state index in [9.17, 15) is 0 Å². The van der Waals surface area contributed by atoms with Crippen molar-refractivity contribution in [3.8, 4) is 0 Å². The van der Waals surface area contributed by atoms with Crippen LogP contribution in [0.25, 0.3) is 0 Å². The van der Waals surface area contributed by atoms with Gasteiger partial charge in [-0.3, -0.25) is 0 Å². The van der Waals surface area contributed by atoms with Crippen molar-refractivity contribution in [1.82, 2.24) is 0 Å². The summed E-state index contributed by atoms with van der Waals surface area (Å²) in [6.45, 7) is 3.93. The van der Waals surface area contributed by atoms with Crippen molar-refractivity contribution in [3.05, 3.63) is 12.2 Å². The Morgan fingerprint density at radius 2 is 1.64 bits per heavy atom. The third-order valence-corrected chi connectivity index (χ3v) is 4.18. The van der Waals surface area contributed by atoms with Gasteiger partial charge in [-0.15, -0.1) is 0 Å². The lowest BCUT2D eigenvalue weighted by molar-refractivity contribution is -0.127. The molecular formula is C12H18O2. The van der Waals surface area contributed by atoms with Crippen LogP contribution in [0.15, 0.2) is 12.2 Å². The molecular weight excluding hydrogens is 176 g/mol. The van der Waals surface area contributed by atoms with E-state index in [0.717, 1.165) is 25.0 Å². The van der Waals surface area contributed by atoms with Crippen LogP contribution < -0.4 is 0 Å². The SMILES string of the molecule is CC1C(C2OCCO2)[C@@H]2C=C[C@H]1CC2. The molecule has 1 saturated carbocycles. The van der Waals surface area contributed by atoms with Crippen LogP contribution in [-0.2, 0) is 9.47 Å². The molecule has 4 rings (SSSR count). The van der Waals surface area contributed by atoms with Gasteiger partial charge in [-0.25, -0.2) is 0 Å². The highest BCUT2D eigenvalue weighted by atomic mass is 16.7. The van der Waals surface area contributed by atoms with Gasteiger partial charge in [0.15, 0.2) is 6.29 Å². The Balaban J connectivity index is 1.81. The molecule has 0 aromatic carbocycles. The van der Waals surface area contributed by atoms with Crippen molar-refractivity contribution in [3.63, 3.8) is 0 Å². The second kappa shape index (κ2) is 3.35. The van der Waals surface area contributed by atoms with Crippen LogP contribution in [0, 0.1) is 23.7 Å². The van der Waals surface area contributed by atoms with E-state index in [4.69, 9.17) is 9.47 Å². The van der Waals surface area contributed by atoms with E-state index in [-0.39, 0.29) is 6.29 Å². The molecule has 2 heteroatoms. The van der Waals surface area contributed by atoms with Crippen LogP contribution in [0.5, 0.6) is 0 Å². The molecule has 0 spiro atoms. The van der Waals surface area contributed by atoms with E-state index in [0.29, 0.717) is 11.8 Å². The van der Waals surface area contributed by atoms with Crippen molar-refractivity contribution in [1.29, 1.82) is 0 Å². The summed E-state index contributed by atoms with van der Waals surface area (Å²) in [4.78, 5) is 0. The summed E-state index contributed by atoms with van der Waals surface area (Å²) in [5.74, 6) is 2.83. The Hall–Kier alpha value is -0.340. The van der Waals surface area contributed by atoms with Crippen molar-refractivity contribution in [2.75, 3.05) is 13.2 Å². The standard InChI is InChI=1S/C12H18O2/c1-8-9-2-4-10(5-3-9)11(8)12-13-6-7-14-12/h2,4,8-12H,3,5-7H2,1H3/t8?,9-,10+,11?/m0/s1. The topological polar surface area (TPSA) is 18.5 Å². The van der Waals surface area contributed by atoms with Crippen molar-refractivity contribution < 1.29 is 9.47 Å². The first-order chi connectivity index (χ1) is 6.86. The molecule has 4 atom stereocenters. The first-order valence-electron chi connectivity index (χ1n) is 5.78. The molecule has 2 unspecified atom stereocenters. The molecule has 2 bridgehead atoms. The number of hydrogen-bond donors (Lipinski definition) is 0. The summed E-state index contributed by atoms with van der Waals surface area (Å²) in [5.41, 5.74) is 0. The maximum absolute atomic E-state index is 5.66. The maximum atomic E-state index is 5.66. The Bertz CT molecular complexity index is 243. The molecule has 3 aliphatic carbocycles. The zero-order chi connectivity index (χ0) is 9.54. The maximum Gasteiger partial charge on any atom is 0.161 e. The molecule has 0 amide bonds. The lowest BCUT2D eigenvalue weighted by atomic mass is 9.63. The Kier molecular flexibility index (Phi) is 2.14. The second-order valence-corrected chi connectivity index (χ2v) is 4.84. The lowest BCUT2D eigenvalue weighted by Crippen LogP contribution is -2.42. The molecule has 78 valence electrons. The fraction of sp³-hybridized carbons (Fsp3) is 0.833. The molecule has 2 fully saturated rings. The summed E-state index contributed by atoms with van der Waals surface area (Å²) >= 11 is 0. The average Bonchev–Trinajstić information content (AvgIpc) is 2.72. The van der Waals surface area contributed by atoms with E-state index in [1.54, 1.807) is 0 Å². The number of rotatable bonds is 1. The van der Waals surface area contributed by atoms with Gasteiger partial charge in [0, 0.05) is 5.92 Å². The highest BCUT2D eigenvalue weighted by Gasteiger charge is 2.44. The van der Waals surface area contributed by atoms with E-state index in [1.165, 1.54) is 12.8 Å². The first-order valence-corrected chi connectivity index (χ1v) is 5.78. The highest BCUT2D eigenvalue weighted by molar-refractivity contribution is 5.09. The number of allylic oxidation sites excluding steroid dienone is 2. The van der Waals surface area contributed by atoms with Gasteiger partial charge in [0.1, 0.15) is 0 Å². The smallest absolute Gasteiger partial charge is 0.161 e. The average molecular weight is 194 g/mol. The molecule has 0 radical (unpaired) electrons. The normalized spacial score (nSPS) is 47.5. The van der Waals surface area contributed by atoms with Crippen LogP contribution in [0.1, 0.15) is 19.8 Å². The first kappa shape index (κ1) is 8.93. The van der Waals surface area contributed by atoms with Gasteiger partial charge in [0.2, 0.25) is 0 Å². The summed E-state index contributed by atoms with van der Waals surface area (Å²) in [7, 11) is 0. The lowest BCUT2D eigenvalue weighted by Gasteiger charge is -2.45. The second-order valence-electron chi connectivity index (χ2n) is 4.84. The molecule has 0 aromatic rings. The van der Waals surface area contributed by atoms with Crippen LogP contribution in [-0.4, -0.2) is 19.5 Å². The Morgan fingerprint density at radius 3 is 2.21 bits per heavy atom. The van der Waals surface area contributed by atoms with Gasteiger partial charge in [-0.2, -0.15) is 0 Å². The molecule has 1 aliphatic heterocycles. The molecule has 0 aromatic heterocycles. The fourth-order valence-corrected chi connectivity index (χ4v) is 3.35. The number of ether oxygens (including phenoxy) is 2. The largest absolute Gasteiger partial charge is 0.350 e. The van der Waals surface area contributed by atoms with Crippen molar-refractivity contribution >= 4 is 0 Å². The Labute approximate surface area is 85.3 Å². The fourth-order valence-electron chi connectivity index (χ4n) is 3.35. The highest BCUT2D eigenvalue weighted by Crippen LogP contribution is 2.47. The zero-order valence-electron chi connectivity index (χ0n) is 8.69. The summed E-state index contributed by atoms with van der Waals surface area (Å²) < 4.78 is 11.3. The molecule has 1 saturated heterocycles. The van der Waals surface area contributed by atoms with Crippen LogP contribution >= 0.6 is 0 Å². The minimum absolute atomic E-state index is 0.0859. The molecule has 2 nitrogen and oxygen atoms in total. The zero-order valence-corrected chi connectivity index (χ0v) is 8.69. The van der Waals surface area contributed by atoms with Crippen LogP contribution in [0.4, 0.5) is 0 Å². The summed E-state index contributed by atoms with van der Waals surface area (Å²) in [6, 6.07) is 0. The van der Waals surface area contributed by atoms with Crippen molar-refractivity contribution in [2.45, 2.75) is 26.1 Å². The quantitative estimate of drug-likeness (QED) is 0.596. The van der Waals surface area contributed by atoms with Gasteiger partial charge < -0.3 is 9.47 Å². The van der Waals surface area contributed by atoms with Crippen LogP contribution in [0.2, 0.25) is 0 Å².